The lowest BCUT2D eigenvalue weighted by Crippen LogP contribution is -2.22. The standard InChI is InChI=1S/C19H23N3O3/c1-12-10-15(6-7-18(12)23-5)19-20-17(14(3)25-19)11-22(4)13(2)16-8-9-24-21-16/h6-10,13H,11H2,1-5H3. The Morgan fingerprint density at radius 1 is 1.24 bits per heavy atom. The van der Waals surface area contributed by atoms with Crippen LogP contribution in [0.1, 0.15) is 35.7 Å². The molecular formula is C19H23N3O3. The number of oxazole rings is 1. The normalized spacial score (nSPS) is 12.6. The number of hydrogen-bond acceptors (Lipinski definition) is 6. The molecule has 3 aromatic rings. The Morgan fingerprint density at radius 2 is 2.04 bits per heavy atom. The molecule has 1 aromatic carbocycles. The Kier molecular flexibility index (Phi) is 4.90. The van der Waals surface area contributed by atoms with Crippen LogP contribution in [0.5, 0.6) is 5.75 Å². The summed E-state index contributed by atoms with van der Waals surface area (Å²) < 4.78 is 16.1. The van der Waals surface area contributed by atoms with E-state index in [9.17, 15) is 0 Å². The number of aryl methyl sites for hydroxylation is 2. The summed E-state index contributed by atoms with van der Waals surface area (Å²) in [6, 6.07) is 7.92. The highest BCUT2D eigenvalue weighted by Crippen LogP contribution is 2.28. The maximum atomic E-state index is 5.89. The molecule has 0 bridgehead atoms. The highest BCUT2D eigenvalue weighted by Gasteiger charge is 2.19. The first-order valence-electron chi connectivity index (χ1n) is 8.21. The van der Waals surface area contributed by atoms with Crippen LogP contribution in [0.25, 0.3) is 11.5 Å². The van der Waals surface area contributed by atoms with Crippen molar-refractivity contribution >= 4 is 0 Å². The summed E-state index contributed by atoms with van der Waals surface area (Å²) in [6.45, 7) is 6.70. The van der Waals surface area contributed by atoms with E-state index in [1.54, 1.807) is 13.4 Å². The SMILES string of the molecule is COc1ccc(-c2nc(CN(C)C(C)c3ccon3)c(C)o2)cc1C. The molecule has 0 amide bonds. The predicted octanol–water partition coefficient (Wildman–Crippen LogP) is 4.15. The zero-order chi connectivity index (χ0) is 18.0. The van der Waals surface area contributed by atoms with Gasteiger partial charge in [-0.1, -0.05) is 5.16 Å². The summed E-state index contributed by atoms with van der Waals surface area (Å²) in [5.41, 5.74) is 3.81. The van der Waals surface area contributed by atoms with Gasteiger partial charge in [0.1, 0.15) is 23.5 Å². The Labute approximate surface area is 147 Å². The summed E-state index contributed by atoms with van der Waals surface area (Å²) in [7, 11) is 3.70. The first kappa shape index (κ1) is 17.2. The third-order valence-corrected chi connectivity index (χ3v) is 4.48. The van der Waals surface area contributed by atoms with Gasteiger partial charge >= 0.3 is 0 Å². The van der Waals surface area contributed by atoms with Crippen molar-refractivity contribution < 1.29 is 13.7 Å². The summed E-state index contributed by atoms with van der Waals surface area (Å²) in [4.78, 5) is 6.85. The van der Waals surface area contributed by atoms with Gasteiger partial charge in [0, 0.05) is 18.2 Å². The highest BCUT2D eigenvalue weighted by atomic mass is 16.5. The Bertz CT molecular complexity index is 840. The molecule has 0 aliphatic rings. The van der Waals surface area contributed by atoms with Crippen LogP contribution in [0.3, 0.4) is 0 Å². The summed E-state index contributed by atoms with van der Waals surface area (Å²) in [5.74, 6) is 2.30. The molecule has 0 saturated heterocycles. The van der Waals surface area contributed by atoms with Gasteiger partial charge in [0.2, 0.25) is 5.89 Å². The van der Waals surface area contributed by atoms with Crippen molar-refractivity contribution in [1.29, 1.82) is 0 Å². The maximum absolute atomic E-state index is 5.89. The van der Waals surface area contributed by atoms with E-state index < -0.39 is 0 Å². The van der Waals surface area contributed by atoms with Crippen molar-refractivity contribution in [1.82, 2.24) is 15.0 Å². The number of ether oxygens (including phenoxy) is 1. The van der Waals surface area contributed by atoms with Crippen molar-refractivity contribution in [3.05, 3.63) is 53.2 Å². The fourth-order valence-corrected chi connectivity index (χ4v) is 2.75. The highest BCUT2D eigenvalue weighted by molar-refractivity contribution is 5.57. The second kappa shape index (κ2) is 7.11. The van der Waals surface area contributed by atoms with Crippen molar-refractivity contribution in [2.24, 2.45) is 0 Å². The third-order valence-electron chi connectivity index (χ3n) is 4.48. The quantitative estimate of drug-likeness (QED) is 0.671. The minimum Gasteiger partial charge on any atom is -0.496 e. The second-order valence-corrected chi connectivity index (χ2v) is 6.22. The number of benzene rings is 1. The molecular weight excluding hydrogens is 318 g/mol. The smallest absolute Gasteiger partial charge is 0.226 e. The average Bonchev–Trinajstić information content (AvgIpc) is 3.24. The zero-order valence-electron chi connectivity index (χ0n) is 15.2. The van der Waals surface area contributed by atoms with Crippen LogP contribution in [-0.2, 0) is 6.54 Å². The van der Waals surface area contributed by atoms with Gasteiger partial charge in [-0.3, -0.25) is 4.90 Å². The molecule has 1 atom stereocenters. The number of rotatable bonds is 6. The summed E-state index contributed by atoms with van der Waals surface area (Å²) in [5, 5.41) is 4.01. The van der Waals surface area contributed by atoms with Gasteiger partial charge in [0.15, 0.2) is 0 Å². The molecule has 0 radical (unpaired) electrons. The van der Waals surface area contributed by atoms with E-state index in [1.165, 1.54) is 0 Å². The van der Waals surface area contributed by atoms with E-state index in [0.29, 0.717) is 12.4 Å². The topological polar surface area (TPSA) is 64.5 Å². The van der Waals surface area contributed by atoms with Crippen LogP contribution in [-0.4, -0.2) is 29.2 Å². The summed E-state index contributed by atoms with van der Waals surface area (Å²) >= 11 is 0. The van der Waals surface area contributed by atoms with E-state index in [0.717, 1.165) is 34.0 Å². The van der Waals surface area contributed by atoms with Gasteiger partial charge in [0.05, 0.1) is 18.8 Å². The van der Waals surface area contributed by atoms with E-state index in [2.05, 4.69) is 22.0 Å². The Morgan fingerprint density at radius 3 is 2.68 bits per heavy atom. The first-order valence-corrected chi connectivity index (χ1v) is 8.21. The lowest BCUT2D eigenvalue weighted by Gasteiger charge is -2.21. The van der Waals surface area contributed by atoms with Gasteiger partial charge in [0.25, 0.3) is 0 Å². The molecule has 0 fully saturated rings. The Balaban J connectivity index is 1.79. The molecule has 0 aliphatic heterocycles. The molecule has 3 rings (SSSR count). The molecule has 6 nitrogen and oxygen atoms in total. The van der Waals surface area contributed by atoms with Crippen LogP contribution in [0.15, 0.2) is 39.5 Å². The second-order valence-electron chi connectivity index (χ2n) is 6.22. The molecule has 132 valence electrons. The Hall–Kier alpha value is -2.60. The van der Waals surface area contributed by atoms with Crippen molar-refractivity contribution in [3.8, 4) is 17.2 Å². The first-order chi connectivity index (χ1) is 12.0. The van der Waals surface area contributed by atoms with Gasteiger partial charge in [-0.15, -0.1) is 0 Å². The number of methoxy groups -OCH3 is 1. The number of hydrogen-bond donors (Lipinski definition) is 0. The average molecular weight is 341 g/mol. The number of nitrogens with zero attached hydrogens (tertiary/aromatic N) is 3. The summed E-state index contributed by atoms with van der Waals surface area (Å²) in [6.07, 6.45) is 1.59. The minimum absolute atomic E-state index is 0.126. The molecule has 0 saturated carbocycles. The van der Waals surface area contributed by atoms with E-state index in [1.807, 2.05) is 45.2 Å². The van der Waals surface area contributed by atoms with Gasteiger partial charge in [-0.2, -0.15) is 0 Å². The minimum atomic E-state index is 0.126. The molecule has 0 spiro atoms. The lowest BCUT2D eigenvalue weighted by molar-refractivity contribution is 0.237. The molecule has 0 N–H and O–H groups in total. The monoisotopic (exact) mass is 341 g/mol. The van der Waals surface area contributed by atoms with Crippen LogP contribution in [0.4, 0.5) is 0 Å². The van der Waals surface area contributed by atoms with Crippen molar-refractivity contribution in [3.63, 3.8) is 0 Å². The fraction of sp³-hybridized carbons (Fsp3) is 0.368. The van der Waals surface area contributed by atoms with Crippen LogP contribution in [0, 0.1) is 13.8 Å². The van der Waals surface area contributed by atoms with E-state index >= 15 is 0 Å². The van der Waals surface area contributed by atoms with Gasteiger partial charge in [-0.05, 0) is 51.6 Å². The van der Waals surface area contributed by atoms with Crippen LogP contribution >= 0.6 is 0 Å². The largest absolute Gasteiger partial charge is 0.496 e. The third kappa shape index (κ3) is 3.58. The molecule has 2 aromatic heterocycles. The fourth-order valence-electron chi connectivity index (χ4n) is 2.75. The number of aromatic nitrogens is 2. The molecule has 25 heavy (non-hydrogen) atoms. The molecule has 0 aliphatic carbocycles. The van der Waals surface area contributed by atoms with Crippen LogP contribution in [0.2, 0.25) is 0 Å². The van der Waals surface area contributed by atoms with E-state index in [-0.39, 0.29) is 6.04 Å². The van der Waals surface area contributed by atoms with Gasteiger partial charge < -0.3 is 13.7 Å². The molecule has 6 heteroatoms. The van der Waals surface area contributed by atoms with Crippen molar-refractivity contribution in [2.45, 2.75) is 33.4 Å². The lowest BCUT2D eigenvalue weighted by atomic mass is 10.1. The van der Waals surface area contributed by atoms with Crippen LogP contribution < -0.4 is 4.74 Å². The molecule has 1 unspecified atom stereocenters. The van der Waals surface area contributed by atoms with Gasteiger partial charge in [-0.25, -0.2) is 4.98 Å². The maximum Gasteiger partial charge on any atom is 0.226 e. The predicted molar refractivity (Wildman–Crippen MR) is 94.4 cm³/mol. The van der Waals surface area contributed by atoms with E-state index in [4.69, 9.17) is 13.7 Å². The zero-order valence-corrected chi connectivity index (χ0v) is 15.2. The van der Waals surface area contributed by atoms with Crippen molar-refractivity contribution in [2.75, 3.05) is 14.2 Å². The molecule has 2 heterocycles.